The summed E-state index contributed by atoms with van der Waals surface area (Å²) in [6.45, 7) is 0. The van der Waals surface area contributed by atoms with Gasteiger partial charge in [0.15, 0.2) is 0 Å². The lowest BCUT2D eigenvalue weighted by molar-refractivity contribution is -0.117. The van der Waals surface area contributed by atoms with Crippen molar-refractivity contribution in [3.8, 4) is 0 Å². The molecule has 3 rings (SSSR count). The van der Waals surface area contributed by atoms with Crippen LogP contribution in [-0.4, -0.2) is 18.0 Å². The Morgan fingerprint density at radius 3 is 2.13 bits per heavy atom. The van der Waals surface area contributed by atoms with E-state index in [1.54, 1.807) is 54.6 Å². The van der Waals surface area contributed by atoms with Crippen LogP contribution in [0, 0.1) is 0 Å². The second-order valence-electron chi connectivity index (χ2n) is 6.42. The van der Waals surface area contributed by atoms with E-state index in [1.807, 2.05) is 42.5 Å². The van der Waals surface area contributed by atoms with Gasteiger partial charge < -0.3 is 5.32 Å². The van der Waals surface area contributed by atoms with Gasteiger partial charge in [-0.3, -0.25) is 9.59 Å². The molecule has 0 saturated carbocycles. The van der Waals surface area contributed by atoms with Crippen LogP contribution < -0.4 is 10.7 Å². The predicted molar refractivity (Wildman–Crippen MR) is 125 cm³/mol. The average molecular weight is 430 g/mol. The summed E-state index contributed by atoms with van der Waals surface area (Å²) in [6.07, 6.45) is 6.54. The lowest BCUT2D eigenvalue weighted by Crippen LogP contribution is -2.32. The summed E-state index contributed by atoms with van der Waals surface area (Å²) in [4.78, 5) is 25.1. The van der Waals surface area contributed by atoms with E-state index in [0.717, 1.165) is 11.1 Å². The van der Waals surface area contributed by atoms with Crippen LogP contribution in [0.5, 0.6) is 0 Å². The lowest BCUT2D eigenvalue weighted by Gasteiger charge is -2.08. The fraction of sp³-hybridized carbons (Fsp3) is 0. The van der Waals surface area contributed by atoms with Gasteiger partial charge >= 0.3 is 0 Å². The van der Waals surface area contributed by atoms with Crippen molar-refractivity contribution in [1.29, 1.82) is 0 Å². The van der Waals surface area contributed by atoms with Crippen LogP contribution in [0.3, 0.4) is 0 Å². The molecule has 0 radical (unpaired) electrons. The first-order valence-corrected chi connectivity index (χ1v) is 9.88. The van der Waals surface area contributed by atoms with Gasteiger partial charge in [0.1, 0.15) is 5.70 Å². The minimum absolute atomic E-state index is 0.0642. The van der Waals surface area contributed by atoms with Gasteiger partial charge in [0.05, 0.1) is 6.21 Å². The molecule has 2 N–H and O–H groups in total. The smallest absolute Gasteiger partial charge is 0.287 e. The lowest BCUT2D eigenvalue weighted by atomic mass is 10.2. The van der Waals surface area contributed by atoms with Gasteiger partial charge in [-0.15, -0.1) is 0 Å². The van der Waals surface area contributed by atoms with Crippen molar-refractivity contribution >= 4 is 35.7 Å². The summed E-state index contributed by atoms with van der Waals surface area (Å²) in [6, 6.07) is 25.3. The summed E-state index contributed by atoms with van der Waals surface area (Å²) in [5.74, 6) is -0.941. The van der Waals surface area contributed by atoms with Crippen LogP contribution in [0.1, 0.15) is 21.5 Å². The van der Waals surface area contributed by atoms with Crippen LogP contribution in [0.2, 0.25) is 5.02 Å². The molecule has 3 aromatic carbocycles. The highest BCUT2D eigenvalue weighted by Crippen LogP contribution is 2.08. The first-order chi connectivity index (χ1) is 15.1. The molecule has 154 valence electrons. The second kappa shape index (κ2) is 11.3. The molecule has 0 atom stereocenters. The molecule has 0 heterocycles. The maximum atomic E-state index is 12.6. The zero-order valence-corrected chi connectivity index (χ0v) is 17.3. The Morgan fingerprint density at radius 1 is 0.806 bits per heavy atom. The van der Waals surface area contributed by atoms with E-state index in [1.165, 1.54) is 12.3 Å². The Labute approximate surface area is 185 Å². The van der Waals surface area contributed by atoms with E-state index < -0.39 is 11.8 Å². The van der Waals surface area contributed by atoms with Gasteiger partial charge in [-0.2, -0.15) is 5.10 Å². The van der Waals surface area contributed by atoms with Crippen molar-refractivity contribution in [2.45, 2.75) is 0 Å². The molecule has 0 spiro atoms. The molecular weight excluding hydrogens is 410 g/mol. The molecule has 6 heteroatoms. The number of hydrazone groups is 1. The first kappa shape index (κ1) is 21.7. The number of hydrogen-bond acceptors (Lipinski definition) is 3. The highest BCUT2D eigenvalue weighted by atomic mass is 35.5. The number of rotatable bonds is 7. The number of allylic oxidation sites excluding steroid dienone is 2. The molecule has 5 nitrogen and oxygen atoms in total. The Balaban J connectivity index is 1.74. The van der Waals surface area contributed by atoms with Crippen molar-refractivity contribution < 1.29 is 9.59 Å². The number of hydrogen-bond donors (Lipinski definition) is 2. The first-order valence-electron chi connectivity index (χ1n) is 9.50. The van der Waals surface area contributed by atoms with Crippen LogP contribution >= 0.6 is 11.6 Å². The number of amides is 2. The van der Waals surface area contributed by atoms with Crippen molar-refractivity contribution in [3.63, 3.8) is 0 Å². The molecule has 0 saturated heterocycles. The third kappa shape index (κ3) is 7.10. The molecule has 0 unspecified atom stereocenters. The number of carbonyl (C=O) groups excluding carboxylic acids is 2. The van der Waals surface area contributed by atoms with Gasteiger partial charge in [-0.05, 0) is 41.5 Å². The molecule has 2 amide bonds. The third-order valence-corrected chi connectivity index (χ3v) is 4.38. The third-order valence-electron chi connectivity index (χ3n) is 4.13. The number of nitrogens with one attached hydrogen (secondary N) is 2. The van der Waals surface area contributed by atoms with E-state index in [0.29, 0.717) is 10.6 Å². The quantitative estimate of drug-likeness (QED) is 0.245. The van der Waals surface area contributed by atoms with Crippen molar-refractivity contribution in [2.75, 3.05) is 0 Å². The average Bonchev–Trinajstić information content (AvgIpc) is 2.81. The SMILES string of the molecule is O=C(N/N=C\c1ccc(Cl)cc1)/C(=C\C=C\c1ccccc1)NC(=O)c1ccccc1. The van der Waals surface area contributed by atoms with E-state index in [-0.39, 0.29) is 5.70 Å². The van der Waals surface area contributed by atoms with E-state index in [4.69, 9.17) is 11.6 Å². The molecule has 0 bridgehead atoms. The number of nitrogens with zero attached hydrogens (tertiary/aromatic N) is 1. The Kier molecular flexibility index (Phi) is 7.91. The fourth-order valence-electron chi connectivity index (χ4n) is 2.55. The maximum Gasteiger partial charge on any atom is 0.287 e. The van der Waals surface area contributed by atoms with Gasteiger partial charge in [-0.25, -0.2) is 5.43 Å². The highest BCUT2D eigenvalue weighted by molar-refractivity contribution is 6.30. The molecule has 0 aliphatic heterocycles. The zero-order valence-electron chi connectivity index (χ0n) is 16.5. The van der Waals surface area contributed by atoms with E-state index in [9.17, 15) is 9.59 Å². The standard InChI is InChI=1S/C25H20ClN3O2/c26-22-16-14-20(15-17-22)18-27-29-25(31)23(13-7-10-19-8-3-1-4-9-19)28-24(30)21-11-5-2-6-12-21/h1-18H,(H,28,30)(H,29,31)/b10-7+,23-13+,27-18-. The largest absolute Gasteiger partial charge is 0.317 e. The van der Waals surface area contributed by atoms with Gasteiger partial charge in [0.25, 0.3) is 11.8 Å². The summed E-state index contributed by atoms with van der Waals surface area (Å²) in [7, 11) is 0. The predicted octanol–water partition coefficient (Wildman–Crippen LogP) is 4.82. The Morgan fingerprint density at radius 2 is 1.45 bits per heavy atom. The molecule has 3 aromatic rings. The fourth-order valence-corrected chi connectivity index (χ4v) is 2.68. The summed E-state index contributed by atoms with van der Waals surface area (Å²) < 4.78 is 0. The molecule has 0 aromatic heterocycles. The van der Waals surface area contributed by atoms with Gasteiger partial charge in [0.2, 0.25) is 0 Å². The van der Waals surface area contributed by atoms with Crippen molar-refractivity contribution in [1.82, 2.24) is 10.7 Å². The number of halogens is 1. The van der Waals surface area contributed by atoms with Gasteiger partial charge in [-0.1, -0.05) is 84.4 Å². The van der Waals surface area contributed by atoms with E-state index >= 15 is 0 Å². The Bertz CT molecular complexity index is 1110. The summed E-state index contributed by atoms with van der Waals surface area (Å²) in [5, 5.41) is 7.21. The topological polar surface area (TPSA) is 70.6 Å². The van der Waals surface area contributed by atoms with Crippen LogP contribution in [0.4, 0.5) is 0 Å². The summed E-state index contributed by atoms with van der Waals surface area (Å²) in [5.41, 5.74) is 4.68. The minimum atomic E-state index is -0.549. The molecule has 0 aliphatic rings. The number of benzene rings is 3. The van der Waals surface area contributed by atoms with Crippen molar-refractivity contribution in [3.05, 3.63) is 124 Å². The minimum Gasteiger partial charge on any atom is -0.317 e. The van der Waals surface area contributed by atoms with Crippen LogP contribution in [-0.2, 0) is 4.79 Å². The van der Waals surface area contributed by atoms with Gasteiger partial charge in [0, 0.05) is 10.6 Å². The Hall–Kier alpha value is -3.96. The van der Waals surface area contributed by atoms with Crippen LogP contribution in [0.15, 0.2) is 108 Å². The maximum absolute atomic E-state index is 12.6. The molecule has 31 heavy (non-hydrogen) atoms. The second-order valence-corrected chi connectivity index (χ2v) is 6.86. The molecule has 0 aliphatic carbocycles. The monoisotopic (exact) mass is 429 g/mol. The van der Waals surface area contributed by atoms with Crippen molar-refractivity contribution in [2.24, 2.45) is 5.10 Å². The van der Waals surface area contributed by atoms with E-state index in [2.05, 4.69) is 15.8 Å². The zero-order chi connectivity index (χ0) is 21.9. The molecule has 0 fully saturated rings. The van der Waals surface area contributed by atoms with Crippen LogP contribution in [0.25, 0.3) is 6.08 Å². The summed E-state index contributed by atoms with van der Waals surface area (Å²) >= 11 is 5.86. The molecular formula is C25H20ClN3O2. The normalized spacial score (nSPS) is 11.6. The number of carbonyl (C=O) groups is 2. The highest BCUT2D eigenvalue weighted by Gasteiger charge is 2.13.